The Labute approximate surface area is 220 Å². The van der Waals surface area contributed by atoms with Crippen molar-refractivity contribution in [3.05, 3.63) is 102 Å². The van der Waals surface area contributed by atoms with E-state index in [0.717, 1.165) is 16.3 Å². The summed E-state index contributed by atoms with van der Waals surface area (Å²) in [6.07, 6.45) is 1.28. The van der Waals surface area contributed by atoms with Crippen molar-refractivity contribution in [1.29, 1.82) is 0 Å². The van der Waals surface area contributed by atoms with E-state index >= 15 is 0 Å². The third kappa shape index (κ3) is 7.16. The summed E-state index contributed by atoms with van der Waals surface area (Å²) in [5.74, 6) is -0.277. The maximum atomic E-state index is 13.6. The Hall–Kier alpha value is -4.72. The maximum Gasteiger partial charge on any atom is 0.240 e. The van der Waals surface area contributed by atoms with Gasteiger partial charge in [0, 0.05) is 12.8 Å². The van der Waals surface area contributed by atoms with Crippen LogP contribution >= 0.6 is 0 Å². The van der Waals surface area contributed by atoms with Gasteiger partial charge in [-0.25, -0.2) is 9.82 Å². The zero-order valence-electron chi connectivity index (χ0n) is 20.9. The van der Waals surface area contributed by atoms with Crippen molar-refractivity contribution >= 4 is 34.5 Å². The highest BCUT2D eigenvalue weighted by Crippen LogP contribution is 2.30. The van der Waals surface area contributed by atoms with E-state index in [4.69, 9.17) is 9.47 Å². The number of amides is 2. The van der Waals surface area contributed by atoms with E-state index < -0.39 is 17.6 Å². The van der Waals surface area contributed by atoms with Crippen LogP contribution in [0, 0.1) is 5.82 Å². The zero-order chi connectivity index (χ0) is 26.7. The molecule has 2 N–H and O–H groups in total. The summed E-state index contributed by atoms with van der Waals surface area (Å²) in [6, 6.07) is 25.5. The molecule has 0 atom stereocenters. The SMILES string of the molecule is CCOc1cc(C=NNC(=O)CCC(=O)Nc2ccccc2F)ccc1OCc1cccc2ccccc12. The summed E-state index contributed by atoms with van der Waals surface area (Å²) in [4.78, 5) is 24.1. The molecule has 4 rings (SSSR count). The van der Waals surface area contributed by atoms with Crippen LogP contribution in [0.2, 0.25) is 0 Å². The molecule has 0 aromatic heterocycles. The Morgan fingerprint density at radius 3 is 2.47 bits per heavy atom. The van der Waals surface area contributed by atoms with Gasteiger partial charge in [-0.15, -0.1) is 0 Å². The van der Waals surface area contributed by atoms with Gasteiger partial charge in [0.25, 0.3) is 0 Å². The minimum absolute atomic E-state index is 0.0746. The minimum atomic E-state index is -0.536. The van der Waals surface area contributed by atoms with Gasteiger partial charge in [-0.05, 0) is 59.2 Å². The first-order valence-corrected chi connectivity index (χ1v) is 12.3. The zero-order valence-corrected chi connectivity index (χ0v) is 20.9. The molecular weight excluding hydrogens is 485 g/mol. The standard InChI is InChI=1S/C30H28FN3O4/c1-2-37-28-18-21(14-15-27(28)38-20-23-10-7-9-22-8-3-4-11-24(22)23)19-32-34-30(36)17-16-29(35)33-26-13-6-5-12-25(26)31/h3-15,18-19H,2,16-17,20H2,1H3,(H,33,35)(H,34,36). The summed E-state index contributed by atoms with van der Waals surface area (Å²) in [7, 11) is 0. The Kier molecular flexibility index (Phi) is 9.02. The molecule has 4 aromatic rings. The van der Waals surface area contributed by atoms with Crippen LogP contribution in [0.1, 0.15) is 30.9 Å². The number of halogens is 1. The van der Waals surface area contributed by atoms with Crippen molar-refractivity contribution in [2.75, 3.05) is 11.9 Å². The molecule has 0 aliphatic heterocycles. The number of benzene rings is 4. The minimum Gasteiger partial charge on any atom is -0.490 e. The van der Waals surface area contributed by atoms with Crippen molar-refractivity contribution in [3.8, 4) is 11.5 Å². The lowest BCUT2D eigenvalue weighted by Crippen LogP contribution is -2.21. The lowest BCUT2D eigenvalue weighted by molar-refractivity contribution is -0.124. The molecule has 0 spiro atoms. The van der Waals surface area contributed by atoms with Gasteiger partial charge in [0.05, 0.1) is 18.5 Å². The monoisotopic (exact) mass is 513 g/mol. The molecule has 0 heterocycles. The van der Waals surface area contributed by atoms with E-state index in [0.29, 0.717) is 30.3 Å². The molecule has 0 aliphatic rings. The number of hydrazone groups is 1. The Balaban J connectivity index is 1.31. The maximum absolute atomic E-state index is 13.6. The van der Waals surface area contributed by atoms with Gasteiger partial charge >= 0.3 is 0 Å². The number of rotatable bonds is 11. The first kappa shape index (κ1) is 26.3. The predicted octanol–water partition coefficient (Wildman–Crippen LogP) is 5.83. The van der Waals surface area contributed by atoms with Crippen LogP contribution in [-0.2, 0) is 16.2 Å². The summed E-state index contributed by atoms with van der Waals surface area (Å²) >= 11 is 0. The van der Waals surface area contributed by atoms with Gasteiger partial charge < -0.3 is 14.8 Å². The van der Waals surface area contributed by atoms with E-state index in [2.05, 4.69) is 34.0 Å². The van der Waals surface area contributed by atoms with Crippen LogP contribution in [0.5, 0.6) is 11.5 Å². The van der Waals surface area contributed by atoms with Crippen LogP contribution < -0.4 is 20.2 Å². The quantitative estimate of drug-likeness (QED) is 0.195. The summed E-state index contributed by atoms with van der Waals surface area (Å²) < 4.78 is 25.5. The first-order chi connectivity index (χ1) is 18.5. The van der Waals surface area contributed by atoms with Gasteiger partial charge in [0.15, 0.2) is 11.5 Å². The molecule has 0 unspecified atom stereocenters. The topological polar surface area (TPSA) is 89.0 Å². The fourth-order valence-electron chi connectivity index (χ4n) is 3.80. The van der Waals surface area contributed by atoms with E-state index in [-0.39, 0.29) is 18.5 Å². The third-order valence-corrected chi connectivity index (χ3v) is 5.66. The van der Waals surface area contributed by atoms with Crippen molar-refractivity contribution in [2.45, 2.75) is 26.4 Å². The van der Waals surface area contributed by atoms with Gasteiger partial charge in [0.2, 0.25) is 11.8 Å². The van der Waals surface area contributed by atoms with Gasteiger partial charge in [-0.2, -0.15) is 5.10 Å². The number of hydrogen-bond donors (Lipinski definition) is 2. The average Bonchev–Trinajstić information content (AvgIpc) is 2.93. The molecular formula is C30H28FN3O4. The second-order valence-corrected chi connectivity index (χ2v) is 8.39. The Bertz CT molecular complexity index is 1450. The molecule has 0 fully saturated rings. The largest absolute Gasteiger partial charge is 0.490 e. The normalized spacial score (nSPS) is 10.9. The van der Waals surface area contributed by atoms with Gasteiger partial charge in [0.1, 0.15) is 12.4 Å². The number of carbonyl (C=O) groups excluding carboxylic acids is 2. The predicted molar refractivity (Wildman–Crippen MR) is 146 cm³/mol. The highest BCUT2D eigenvalue weighted by atomic mass is 19.1. The van der Waals surface area contributed by atoms with Crippen LogP contribution in [0.3, 0.4) is 0 Å². The van der Waals surface area contributed by atoms with Crippen LogP contribution in [0.25, 0.3) is 10.8 Å². The number of nitrogens with zero attached hydrogens (tertiary/aromatic N) is 1. The second kappa shape index (κ2) is 13.0. The van der Waals surface area contributed by atoms with E-state index in [9.17, 15) is 14.0 Å². The molecule has 0 saturated carbocycles. The van der Waals surface area contributed by atoms with E-state index in [1.807, 2.05) is 31.2 Å². The molecule has 8 heteroatoms. The lowest BCUT2D eigenvalue weighted by atomic mass is 10.1. The van der Waals surface area contributed by atoms with Crippen molar-refractivity contribution in [3.63, 3.8) is 0 Å². The third-order valence-electron chi connectivity index (χ3n) is 5.66. The Morgan fingerprint density at radius 2 is 1.63 bits per heavy atom. The van der Waals surface area contributed by atoms with Crippen molar-refractivity contribution in [2.24, 2.45) is 5.10 Å². The number of nitrogens with one attached hydrogen (secondary N) is 2. The average molecular weight is 514 g/mol. The summed E-state index contributed by atoms with van der Waals surface area (Å²) in [5.41, 5.74) is 4.24. The van der Waals surface area contributed by atoms with Crippen LogP contribution in [0.15, 0.2) is 90.0 Å². The second-order valence-electron chi connectivity index (χ2n) is 8.39. The molecule has 0 saturated heterocycles. The molecule has 4 aromatic carbocycles. The van der Waals surface area contributed by atoms with Crippen LogP contribution in [-0.4, -0.2) is 24.6 Å². The van der Waals surface area contributed by atoms with E-state index in [1.54, 1.807) is 24.3 Å². The highest BCUT2D eigenvalue weighted by molar-refractivity contribution is 5.93. The molecule has 38 heavy (non-hydrogen) atoms. The molecule has 194 valence electrons. The highest BCUT2D eigenvalue weighted by Gasteiger charge is 2.10. The number of ether oxygens (including phenoxy) is 2. The lowest BCUT2D eigenvalue weighted by Gasteiger charge is -2.13. The fraction of sp³-hybridized carbons (Fsp3) is 0.167. The number of carbonyl (C=O) groups is 2. The molecule has 0 radical (unpaired) electrons. The number of hydrogen-bond acceptors (Lipinski definition) is 5. The summed E-state index contributed by atoms with van der Waals surface area (Å²) in [6.45, 7) is 2.73. The smallest absolute Gasteiger partial charge is 0.240 e. The number of para-hydroxylation sites is 1. The summed E-state index contributed by atoms with van der Waals surface area (Å²) in [5, 5.41) is 8.69. The van der Waals surface area contributed by atoms with Crippen LogP contribution in [0.4, 0.5) is 10.1 Å². The van der Waals surface area contributed by atoms with E-state index in [1.165, 1.54) is 24.4 Å². The van der Waals surface area contributed by atoms with Crippen molar-refractivity contribution in [1.82, 2.24) is 5.43 Å². The molecule has 0 aliphatic carbocycles. The fourth-order valence-corrected chi connectivity index (χ4v) is 3.80. The molecule has 2 amide bonds. The van der Waals surface area contributed by atoms with Crippen molar-refractivity contribution < 1.29 is 23.5 Å². The van der Waals surface area contributed by atoms with Gasteiger partial charge in [-0.3, -0.25) is 9.59 Å². The molecule has 7 nitrogen and oxygen atoms in total. The number of anilines is 1. The molecule has 0 bridgehead atoms. The Morgan fingerprint density at radius 1 is 0.868 bits per heavy atom. The van der Waals surface area contributed by atoms with Gasteiger partial charge in [-0.1, -0.05) is 54.6 Å². The number of fused-ring (bicyclic) bond motifs is 1. The first-order valence-electron chi connectivity index (χ1n) is 12.3.